The van der Waals surface area contributed by atoms with Crippen LogP contribution >= 0.6 is 15.9 Å². The molecule has 1 amide bonds. The number of pyridine rings is 1. The smallest absolute Gasteiger partial charge is 0.291 e. The molecule has 20 heavy (non-hydrogen) atoms. The Balaban J connectivity index is 1.91. The van der Waals surface area contributed by atoms with E-state index in [9.17, 15) is 4.79 Å². The maximum absolute atomic E-state index is 12.1. The Hall–Kier alpha value is -2.34. The van der Waals surface area contributed by atoms with Gasteiger partial charge >= 0.3 is 0 Å². The fourth-order valence-electron chi connectivity index (χ4n) is 1.84. The van der Waals surface area contributed by atoms with Crippen molar-refractivity contribution in [2.45, 2.75) is 0 Å². The van der Waals surface area contributed by atoms with Gasteiger partial charge in [-0.2, -0.15) is 0 Å². The van der Waals surface area contributed by atoms with Crippen molar-refractivity contribution in [2.75, 3.05) is 11.1 Å². The first-order chi connectivity index (χ1) is 9.63. The van der Waals surface area contributed by atoms with Crippen LogP contribution in [0.4, 0.5) is 11.4 Å². The summed E-state index contributed by atoms with van der Waals surface area (Å²) in [6, 6.07) is 10.4. The van der Waals surface area contributed by atoms with Gasteiger partial charge in [0.25, 0.3) is 5.91 Å². The summed E-state index contributed by atoms with van der Waals surface area (Å²) in [6.45, 7) is 0. The molecule has 2 aromatic heterocycles. The minimum atomic E-state index is -0.339. The van der Waals surface area contributed by atoms with Gasteiger partial charge in [0.05, 0.1) is 5.69 Å². The van der Waals surface area contributed by atoms with Crippen LogP contribution in [0.25, 0.3) is 11.0 Å². The molecule has 5 nitrogen and oxygen atoms in total. The number of amides is 1. The van der Waals surface area contributed by atoms with Crippen molar-refractivity contribution in [2.24, 2.45) is 0 Å². The molecule has 3 rings (SSSR count). The van der Waals surface area contributed by atoms with Gasteiger partial charge in [-0.1, -0.05) is 0 Å². The van der Waals surface area contributed by atoms with Crippen LogP contribution in [-0.4, -0.2) is 10.9 Å². The predicted molar refractivity (Wildman–Crippen MR) is 80.5 cm³/mol. The summed E-state index contributed by atoms with van der Waals surface area (Å²) in [4.78, 5) is 16.2. The van der Waals surface area contributed by atoms with Crippen molar-refractivity contribution in [1.82, 2.24) is 4.98 Å². The fourth-order valence-corrected chi connectivity index (χ4v) is 2.19. The molecule has 3 N–H and O–H groups in total. The van der Waals surface area contributed by atoms with Crippen LogP contribution in [0.1, 0.15) is 10.6 Å². The molecule has 6 heteroatoms. The van der Waals surface area contributed by atoms with Crippen LogP contribution in [0.5, 0.6) is 0 Å². The number of nitrogens with zero attached hydrogens (tertiary/aromatic N) is 1. The number of anilines is 2. The van der Waals surface area contributed by atoms with Gasteiger partial charge in [-0.05, 0) is 52.3 Å². The van der Waals surface area contributed by atoms with Gasteiger partial charge in [-0.15, -0.1) is 0 Å². The number of fused-ring (bicyclic) bond motifs is 1. The Morgan fingerprint density at radius 3 is 2.95 bits per heavy atom. The van der Waals surface area contributed by atoms with Crippen molar-refractivity contribution in [3.8, 4) is 0 Å². The SMILES string of the molecule is Nc1ccc2oc(C(=O)Nc3cccnc3Br)cc2c1. The molecule has 100 valence electrons. The fraction of sp³-hybridized carbons (Fsp3) is 0. The molecule has 2 heterocycles. The van der Waals surface area contributed by atoms with Gasteiger partial charge in [0.2, 0.25) is 0 Å². The van der Waals surface area contributed by atoms with Gasteiger partial charge in [0.15, 0.2) is 5.76 Å². The molecule has 0 radical (unpaired) electrons. The third-order valence-corrected chi connectivity index (χ3v) is 3.40. The summed E-state index contributed by atoms with van der Waals surface area (Å²) in [5.41, 5.74) is 7.52. The number of aromatic nitrogens is 1. The molecule has 0 fully saturated rings. The number of benzene rings is 1. The Labute approximate surface area is 122 Å². The Morgan fingerprint density at radius 2 is 2.15 bits per heavy atom. The number of hydrogen-bond acceptors (Lipinski definition) is 4. The molecule has 0 aliphatic rings. The third kappa shape index (κ3) is 2.37. The quantitative estimate of drug-likeness (QED) is 0.556. The van der Waals surface area contributed by atoms with Gasteiger partial charge in [-0.3, -0.25) is 4.79 Å². The van der Waals surface area contributed by atoms with Crippen LogP contribution in [-0.2, 0) is 0 Å². The summed E-state index contributed by atoms with van der Waals surface area (Å²) in [5, 5.41) is 3.52. The molecule has 0 aliphatic carbocycles. The van der Waals surface area contributed by atoms with Gasteiger partial charge < -0.3 is 15.5 Å². The third-order valence-electron chi connectivity index (χ3n) is 2.77. The Kier molecular flexibility index (Phi) is 3.15. The lowest BCUT2D eigenvalue weighted by Crippen LogP contribution is -2.11. The number of nitrogens with one attached hydrogen (secondary N) is 1. The first kappa shape index (κ1) is 12.7. The lowest BCUT2D eigenvalue weighted by molar-refractivity contribution is 0.0998. The largest absolute Gasteiger partial charge is 0.451 e. The molecule has 0 unspecified atom stereocenters. The molecular weight excluding hydrogens is 322 g/mol. The normalized spacial score (nSPS) is 10.7. The van der Waals surface area contributed by atoms with E-state index in [0.29, 0.717) is 21.6 Å². The summed E-state index contributed by atoms with van der Waals surface area (Å²) >= 11 is 3.27. The highest BCUT2D eigenvalue weighted by molar-refractivity contribution is 9.10. The van der Waals surface area contributed by atoms with E-state index in [-0.39, 0.29) is 11.7 Å². The van der Waals surface area contributed by atoms with Crippen molar-refractivity contribution < 1.29 is 9.21 Å². The van der Waals surface area contributed by atoms with Crippen molar-refractivity contribution >= 4 is 44.2 Å². The average Bonchev–Trinajstić information content (AvgIpc) is 2.84. The minimum Gasteiger partial charge on any atom is -0.451 e. The zero-order valence-corrected chi connectivity index (χ0v) is 11.8. The number of nitrogens with two attached hydrogens (primary N) is 1. The highest BCUT2D eigenvalue weighted by Crippen LogP contribution is 2.24. The number of rotatable bonds is 2. The molecule has 0 aliphatic heterocycles. The average molecular weight is 332 g/mol. The predicted octanol–water partition coefficient (Wildman–Crippen LogP) is 3.42. The lowest BCUT2D eigenvalue weighted by atomic mass is 10.2. The van der Waals surface area contributed by atoms with Gasteiger partial charge in [0, 0.05) is 17.3 Å². The highest BCUT2D eigenvalue weighted by atomic mass is 79.9. The number of furan rings is 1. The number of hydrogen-bond donors (Lipinski definition) is 2. The number of nitrogen functional groups attached to an aromatic ring is 1. The zero-order chi connectivity index (χ0) is 14.1. The van der Waals surface area contributed by atoms with Crippen LogP contribution in [0, 0.1) is 0 Å². The molecule has 0 spiro atoms. The monoisotopic (exact) mass is 331 g/mol. The van der Waals surface area contributed by atoms with E-state index in [2.05, 4.69) is 26.2 Å². The van der Waals surface area contributed by atoms with E-state index in [1.54, 1.807) is 42.6 Å². The second kappa shape index (κ2) is 4.97. The molecule has 0 bridgehead atoms. The van der Waals surface area contributed by atoms with Crippen molar-refractivity contribution in [3.05, 3.63) is 53.0 Å². The molecule has 0 atom stereocenters. The first-order valence-electron chi connectivity index (χ1n) is 5.84. The summed E-state index contributed by atoms with van der Waals surface area (Å²) in [5.74, 6) is -0.116. The standard InChI is InChI=1S/C14H10BrN3O2/c15-13-10(2-1-5-17-13)18-14(19)12-7-8-6-9(16)3-4-11(8)20-12/h1-7H,16H2,(H,18,19). The van der Waals surface area contributed by atoms with Gasteiger partial charge in [0.1, 0.15) is 10.2 Å². The second-order valence-corrected chi connectivity index (χ2v) is 4.95. The van der Waals surface area contributed by atoms with Crippen LogP contribution in [0.15, 0.2) is 51.6 Å². The Bertz CT molecular complexity index is 798. The van der Waals surface area contributed by atoms with Crippen LogP contribution in [0.3, 0.4) is 0 Å². The number of carbonyl (C=O) groups is 1. The number of halogens is 1. The zero-order valence-electron chi connectivity index (χ0n) is 10.3. The van der Waals surface area contributed by atoms with Crippen LogP contribution in [0.2, 0.25) is 0 Å². The minimum absolute atomic E-state index is 0.223. The summed E-state index contributed by atoms with van der Waals surface area (Å²) in [7, 11) is 0. The summed E-state index contributed by atoms with van der Waals surface area (Å²) in [6.07, 6.45) is 1.63. The maximum Gasteiger partial charge on any atom is 0.291 e. The van der Waals surface area contributed by atoms with E-state index in [1.165, 1.54) is 0 Å². The molecular formula is C14H10BrN3O2. The van der Waals surface area contributed by atoms with E-state index in [4.69, 9.17) is 10.2 Å². The molecule has 1 aromatic carbocycles. The van der Waals surface area contributed by atoms with Gasteiger partial charge in [-0.25, -0.2) is 4.98 Å². The topological polar surface area (TPSA) is 81.1 Å². The molecule has 0 saturated carbocycles. The molecule has 3 aromatic rings. The lowest BCUT2D eigenvalue weighted by Gasteiger charge is -2.03. The number of carbonyl (C=O) groups excluding carboxylic acids is 1. The van der Waals surface area contributed by atoms with Crippen LogP contribution < -0.4 is 11.1 Å². The maximum atomic E-state index is 12.1. The van der Waals surface area contributed by atoms with E-state index in [0.717, 1.165) is 5.39 Å². The highest BCUT2D eigenvalue weighted by Gasteiger charge is 2.14. The molecule has 0 saturated heterocycles. The summed E-state index contributed by atoms with van der Waals surface area (Å²) < 4.78 is 6.06. The first-order valence-corrected chi connectivity index (χ1v) is 6.64. The van der Waals surface area contributed by atoms with Crippen molar-refractivity contribution in [3.63, 3.8) is 0 Å². The Morgan fingerprint density at radius 1 is 1.30 bits per heavy atom. The van der Waals surface area contributed by atoms with E-state index >= 15 is 0 Å². The van der Waals surface area contributed by atoms with E-state index < -0.39 is 0 Å². The van der Waals surface area contributed by atoms with E-state index in [1.807, 2.05) is 0 Å². The second-order valence-electron chi connectivity index (χ2n) is 4.20. The van der Waals surface area contributed by atoms with Crippen molar-refractivity contribution in [1.29, 1.82) is 0 Å².